The molecule has 0 saturated carbocycles. The van der Waals surface area contributed by atoms with Gasteiger partial charge in [0.05, 0.1) is 12.1 Å². The number of ether oxygens (including phenoxy) is 1. The largest absolute Gasteiger partial charge is 0.490 e. The van der Waals surface area contributed by atoms with Crippen LogP contribution in [0.1, 0.15) is 23.2 Å². The van der Waals surface area contributed by atoms with Gasteiger partial charge in [0, 0.05) is 41.8 Å². The quantitative estimate of drug-likeness (QED) is 0.796. The smallest absolute Gasteiger partial charge is 0.253 e. The Kier molecular flexibility index (Phi) is 6.30. The average molecular weight is 435 g/mol. The van der Waals surface area contributed by atoms with E-state index in [1.165, 1.54) is 0 Å². The van der Waals surface area contributed by atoms with Gasteiger partial charge in [-0.2, -0.15) is 0 Å². The number of benzene rings is 2. The highest BCUT2D eigenvalue weighted by atomic mass is 35.5. The third-order valence-electron chi connectivity index (χ3n) is 5.70. The molecule has 2 atom stereocenters. The Morgan fingerprint density at radius 1 is 0.931 bits per heavy atom. The van der Waals surface area contributed by atoms with Crippen molar-refractivity contribution < 1.29 is 14.6 Å². The number of hydrogen-bond donors (Lipinski definition) is 1. The summed E-state index contributed by atoms with van der Waals surface area (Å²) < 4.78 is 6.05. The molecule has 2 saturated heterocycles. The molecule has 2 fully saturated rings. The fourth-order valence-electron chi connectivity index (χ4n) is 4.10. The SMILES string of the molecule is O=C(c1ccc(Cl)cc1)N1C[C@@H](O)[C@H](N2CCC(Oc3ccc(Cl)cc3)CC2)C1. The summed E-state index contributed by atoms with van der Waals surface area (Å²) in [4.78, 5) is 16.7. The maximum absolute atomic E-state index is 12.7. The molecule has 2 aromatic rings. The van der Waals surface area contributed by atoms with Crippen molar-refractivity contribution in [1.29, 1.82) is 0 Å². The van der Waals surface area contributed by atoms with Gasteiger partial charge in [0.1, 0.15) is 11.9 Å². The lowest BCUT2D eigenvalue weighted by molar-refractivity contribution is 0.0363. The standard InChI is InChI=1S/C22H24Cl2N2O3/c23-16-3-1-15(2-4-16)22(28)26-13-20(21(27)14-26)25-11-9-19(10-12-25)29-18-7-5-17(24)6-8-18/h1-8,19-21,27H,9-14H2/t20-,21-/m1/s1. The number of aliphatic hydroxyl groups excluding tert-OH is 1. The number of hydrogen-bond acceptors (Lipinski definition) is 4. The molecule has 2 heterocycles. The molecule has 154 valence electrons. The van der Waals surface area contributed by atoms with Crippen molar-refractivity contribution in [2.75, 3.05) is 26.2 Å². The number of likely N-dealkylation sites (tertiary alicyclic amines) is 2. The van der Waals surface area contributed by atoms with Gasteiger partial charge < -0.3 is 14.7 Å². The summed E-state index contributed by atoms with van der Waals surface area (Å²) >= 11 is 11.8. The van der Waals surface area contributed by atoms with E-state index in [0.29, 0.717) is 28.7 Å². The lowest BCUT2D eigenvalue weighted by Gasteiger charge is -2.36. The topological polar surface area (TPSA) is 53.0 Å². The van der Waals surface area contributed by atoms with Crippen molar-refractivity contribution in [1.82, 2.24) is 9.80 Å². The summed E-state index contributed by atoms with van der Waals surface area (Å²) in [5.74, 6) is 0.762. The first-order chi connectivity index (χ1) is 14.0. The molecule has 4 rings (SSSR count). The molecule has 0 unspecified atom stereocenters. The zero-order valence-electron chi connectivity index (χ0n) is 16.0. The maximum atomic E-state index is 12.7. The van der Waals surface area contributed by atoms with Crippen LogP contribution in [0.15, 0.2) is 48.5 Å². The Balaban J connectivity index is 1.31. The Labute approximate surface area is 180 Å². The summed E-state index contributed by atoms with van der Waals surface area (Å²) in [7, 11) is 0. The number of carbonyl (C=O) groups excluding carboxylic acids is 1. The third kappa shape index (κ3) is 4.86. The van der Waals surface area contributed by atoms with Crippen LogP contribution in [0.5, 0.6) is 5.75 Å². The minimum absolute atomic E-state index is 0.0391. The number of aliphatic hydroxyl groups is 1. The Morgan fingerprint density at radius 2 is 1.52 bits per heavy atom. The monoisotopic (exact) mass is 434 g/mol. The van der Waals surface area contributed by atoms with Crippen LogP contribution in [-0.4, -0.2) is 65.2 Å². The van der Waals surface area contributed by atoms with E-state index in [-0.39, 0.29) is 18.1 Å². The zero-order chi connectivity index (χ0) is 20.4. The maximum Gasteiger partial charge on any atom is 0.253 e. The van der Waals surface area contributed by atoms with E-state index in [4.69, 9.17) is 27.9 Å². The van der Waals surface area contributed by atoms with Crippen LogP contribution in [0.3, 0.4) is 0 Å². The third-order valence-corrected chi connectivity index (χ3v) is 6.20. The molecule has 2 aromatic carbocycles. The average Bonchev–Trinajstić information content (AvgIpc) is 3.12. The molecular formula is C22H24Cl2N2O3. The summed E-state index contributed by atoms with van der Waals surface area (Å²) in [5.41, 5.74) is 0.595. The van der Waals surface area contributed by atoms with E-state index in [1.807, 2.05) is 24.3 Å². The van der Waals surface area contributed by atoms with Crippen molar-refractivity contribution in [3.8, 4) is 5.75 Å². The molecule has 29 heavy (non-hydrogen) atoms. The van der Waals surface area contributed by atoms with Crippen LogP contribution in [0.2, 0.25) is 10.0 Å². The second kappa shape index (κ2) is 8.92. The van der Waals surface area contributed by atoms with E-state index in [0.717, 1.165) is 31.7 Å². The zero-order valence-corrected chi connectivity index (χ0v) is 17.5. The second-order valence-corrected chi connectivity index (χ2v) is 8.53. The minimum atomic E-state index is -0.542. The first kappa shape index (κ1) is 20.5. The lowest BCUT2D eigenvalue weighted by atomic mass is 10.0. The molecule has 0 bridgehead atoms. The van der Waals surface area contributed by atoms with Crippen LogP contribution in [0.25, 0.3) is 0 Å². The van der Waals surface area contributed by atoms with Crippen LogP contribution in [0.4, 0.5) is 0 Å². The molecule has 0 aliphatic carbocycles. The van der Waals surface area contributed by atoms with Gasteiger partial charge in [-0.05, 0) is 61.4 Å². The molecule has 1 amide bonds. The van der Waals surface area contributed by atoms with Gasteiger partial charge in [-0.1, -0.05) is 23.2 Å². The number of carbonyl (C=O) groups is 1. The van der Waals surface area contributed by atoms with Gasteiger partial charge in [-0.25, -0.2) is 0 Å². The number of β-amino-alcohol motifs (C(OH)–C–C–N with tert-alkyl or cyclic N) is 1. The summed E-state index contributed by atoms with van der Waals surface area (Å²) in [5, 5.41) is 11.9. The molecule has 5 nitrogen and oxygen atoms in total. The minimum Gasteiger partial charge on any atom is -0.490 e. The second-order valence-electron chi connectivity index (χ2n) is 7.66. The van der Waals surface area contributed by atoms with E-state index < -0.39 is 6.10 Å². The van der Waals surface area contributed by atoms with Gasteiger partial charge >= 0.3 is 0 Å². The predicted octanol–water partition coefficient (Wildman–Crippen LogP) is 3.72. The molecule has 0 aromatic heterocycles. The molecule has 1 N–H and O–H groups in total. The summed E-state index contributed by atoms with van der Waals surface area (Å²) in [6, 6.07) is 14.3. The normalized spacial score (nSPS) is 23.3. The van der Waals surface area contributed by atoms with Crippen LogP contribution in [0, 0.1) is 0 Å². The van der Waals surface area contributed by atoms with Gasteiger partial charge in [0.15, 0.2) is 0 Å². The van der Waals surface area contributed by atoms with Gasteiger partial charge in [-0.15, -0.1) is 0 Å². The fourth-order valence-corrected chi connectivity index (χ4v) is 4.35. The van der Waals surface area contributed by atoms with E-state index in [2.05, 4.69) is 4.90 Å². The molecule has 0 spiro atoms. The van der Waals surface area contributed by atoms with Crippen molar-refractivity contribution >= 4 is 29.1 Å². The van der Waals surface area contributed by atoms with Crippen molar-refractivity contribution in [3.05, 3.63) is 64.1 Å². The molecular weight excluding hydrogens is 411 g/mol. The first-order valence-corrected chi connectivity index (χ1v) is 10.6. The fraction of sp³-hybridized carbons (Fsp3) is 0.409. The van der Waals surface area contributed by atoms with E-state index >= 15 is 0 Å². The highest BCUT2D eigenvalue weighted by Gasteiger charge is 2.39. The number of nitrogens with zero attached hydrogens (tertiary/aromatic N) is 2. The van der Waals surface area contributed by atoms with Crippen LogP contribution < -0.4 is 4.74 Å². The van der Waals surface area contributed by atoms with Gasteiger partial charge in [-0.3, -0.25) is 9.69 Å². The molecule has 7 heteroatoms. The van der Waals surface area contributed by atoms with E-state index in [9.17, 15) is 9.90 Å². The highest BCUT2D eigenvalue weighted by molar-refractivity contribution is 6.30. The van der Waals surface area contributed by atoms with Crippen molar-refractivity contribution in [2.24, 2.45) is 0 Å². The highest BCUT2D eigenvalue weighted by Crippen LogP contribution is 2.25. The molecule has 0 radical (unpaired) electrons. The Morgan fingerprint density at radius 3 is 2.14 bits per heavy atom. The van der Waals surface area contributed by atoms with Gasteiger partial charge in [0.2, 0.25) is 0 Å². The summed E-state index contributed by atoms with van der Waals surface area (Å²) in [6.45, 7) is 2.56. The number of amides is 1. The van der Waals surface area contributed by atoms with Crippen molar-refractivity contribution in [3.63, 3.8) is 0 Å². The molecule has 2 aliphatic heterocycles. The lowest BCUT2D eigenvalue weighted by Crippen LogP contribution is -2.49. The van der Waals surface area contributed by atoms with Crippen molar-refractivity contribution in [2.45, 2.75) is 31.1 Å². The number of halogens is 2. The van der Waals surface area contributed by atoms with Crippen LogP contribution >= 0.6 is 23.2 Å². The number of piperidine rings is 1. The Hall–Kier alpha value is -1.79. The molecule has 2 aliphatic rings. The first-order valence-electron chi connectivity index (χ1n) is 9.89. The summed E-state index contributed by atoms with van der Waals surface area (Å²) in [6.07, 6.45) is 1.38. The number of rotatable bonds is 4. The predicted molar refractivity (Wildman–Crippen MR) is 114 cm³/mol. The van der Waals surface area contributed by atoms with Crippen LogP contribution in [-0.2, 0) is 0 Å². The van der Waals surface area contributed by atoms with E-state index in [1.54, 1.807) is 29.2 Å². The van der Waals surface area contributed by atoms with Gasteiger partial charge in [0.25, 0.3) is 5.91 Å². The Bertz CT molecular complexity index is 836.